The molecule has 0 aliphatic rings. The Morgan fingerprint density at radius 1 is 1.10 bits per heavy atom. The molecular weight excluding hydrogens is 252 g/mol. The lowest BCUT2D eigenvalue weighted by Crippen LogP contribution is -2.04. The van der Waals surface area contributed by atoms with Gasteiger partial charge in [0.2, 0.25) is 5.78 Å². The van der Waals surface area contributed by atoms with Crippen LogP contribution in [-0.2, 0) is 0 Å². The first-order valence-electron chi connectivity index (χ1n) is 6.54. The van der Waals surface area contributed by atoms with Crippen molar-refractivity contribution in [2.45, 2.75) is 6.92 Å². The lowest BCUT2D eigenvalue weighted by atomic mass is 10.1. The van der Waals surface area contributed by atoms with Gasteiger partial charge in [-0.25, -0.2) is 0 Å². The smallest absolute Gasteiger partial charge is 0.231 e. The number of hydrogen-bond donors (Lipinski definition) is 0. The van der Waals surface area contributed by atoms with Crippen LogP contribution in [0.1, 0.15) is 23.0 Å². The Morgan fingerprint density at radius 2 is 1.85 bits per heavy atom. The predicted molar refractivity (Wildman–Crippen MR) is 77.3 cm³/mol. The molecule has 1 aromatic heterocycles. The second-order valence-corrected chi connectivity index (χ2v) is 4.41. The molecule has 0 radical (unpaired) electrons. The van der Waals surface area contributed by atoms with Gasteiger partial charge in [-0.3, -0.25) is 4.79 Å². The molecule has 0 saturated heterocycles. The highest BCUT2D eigenvalue weighted by molar-refractivity contribution is 6.10. The minimum absolute atomic E-state index is 0.162. The fraction of sp³-hybridized carbons (Fsp3) is 0.118. The minimum atomic E-state index is -0.162. The maximum Gasteiger partial charge on any atom is 0.231 e. The Labute approximate surface area is 116 Å². The van der Waals surface area contributed by atoms with Crippen LogP contribution in [0.25, 0.3) is 11.0 Å². The summed E-state index contributed by atoms with van der Waals surface area (Å²) in [5.41, 5.74) is 1.23. The summed E-state index contributed by atoms with van der Waals surface area (Å²) in [5, 5.41) is 0.921. The SMILES string of the molecule is CCOc1ccccc1C(=O)c1cc2ccccc2o1. The normalized spacial score (nSPS) is 10.7. The highest BCUT2D eigenvalue weighted by atomic mass is 16.5. The average Bonchev–Trinajstić information content (AvgIpc) is 2.91. The summed E-state index contributed by atoms with van der Waals surface area (Å²) in [4.78, 5) is 12.5. The fourth-order valence-corrected chi connectivity index (χ4v) is 2.16. The van der Waals surface area contributed by atoms with Gasteiger partial charge in [0.05, 0.1) is 12.2 Å². The van der Waals surface area contributed by atoms with Crippen LogP contribution in [-0.4, -0.2) is 12.4 Å². The van der Waals surface area contributed by atoms with E-state index in [1.807, 2.05) is 43.3 Å². The summed E-state index contributed by atoms with van der Waals surface area (Å²) < 4.78 is 11.1. The number of furan rings is 1. The number of carbonyl (C=O) groups excluding carboxylic acids is 1. The van der Waals surface area contributed by atoms with Crippen LogP contribution in [0.2, 0.25) is 0 Å². The topological polar surface area (TPSA) is 39.4 Å². The van der Waals surface area contributed by atoms with Crippen molar-refractivity contribution >= 4 is 16.8 Å². The van der Waals surface area contributed by atoms with Crippen LogP contribution in [0.3, 0.4) is 0 Å². The van der Waals surface area contributed by atoms with Crippen molar-refractivity contribution in [1.82, 2.24) is 0 Å². The molecule has 0 aliphatic heterocycles. The zero-order valence-electron chi connectivity index (χ0n) is 11.1. The van der Waals surface area contributed by atoms with Crippen LogP contribution in [0.4, 0.5) is 0 Å². The highest BCUT2D eigenvalue weighted by Crippen LogP contribution is 2.25. The molecule has 0 bridgehead atoms. The van der Waals surface area contributed by atoms with Crippen molar-refractivity contribution in [1.29, 1.82) is 0 Å². The molecule has 3 aromatic rings. The summed E-state index contributed by atoms with van der Waals surface area (Å²) in [6, 6.07) is 16.5. The zero-order chi connectivity index (χ0) is 13.9. The molecule has 20 heavy (non-hydrogen) atoms. The molecule has 3 nitrogen and oxygen atoms in total. The third kappa shape index (κ3) is 2.18. The van der Waals surface area contributed by atoms with E-state index in [4.69, 9.17) is 9.15 Å². The number of fused-ring (bicyclic) bond motifs is 1. The largest absolute Gasteiger partial charge is 0.493 e. The van der Waals surface area contributed by atoms with Gasteiger partial charge in [0.25, 0.3) is 0 Å². The molecule has 0 unspecified atom stereocenters. The van der Waals surface area contributed by atoms with Gasteiger partial charge in [-0.1, -0.05) is 30.3 Å². The summed E-state index contributed by atoms with van der Waals surface area (Å²) >= 11 is 0. The predicted octanol–water partition coefficient (Wildman–Crippen LogP) is 4.06. The summed E-state index contributed by atoms with van der Waals surface area (Å²) in [6.45, 7) is 2.41. The first-order chi connectivity index (χ1) is 9.79. The van der Waals surface area contributed by atoms with Crippen LogP contribution in [0.15, 0.2) is 59.0 Å². The van der Waals surface area contributed by atoms with Gasteiger partial charge in [0.15, 0.2) is 5.76 Å². The van der Waals surface area contributed by atoms with Gasteiger partial charge >= 0.3 is 0 Å². The number of carbonyl (C=O) groups is 1. The lowest BCUT2D eigenvalue weighted by molar-refractivity contribution is 0.101. The molecule has 1 heterocycles. The van der Waals surface area contributed by atoms with Gasteiger partial charge in [0, 0.05) is 5.39 Å². The van der Waals surface area contributed by atoms with Crippen LogP contribution in [0, 0.1) is 0 Å². The molecule has 3 heteroatoms. The second-order valence-electron chi connectivity index (χ2n) is 4.41. The van der Waals surface area contributed by atoms with E-state index in [1.54, 1.807) is 18.2 Å². The summed E-state index contributed by atoms with van der Waals surface area (Å²) in [6.07, 6.45) is 0. The van der Waals surface area contributed by atoms with E-state index in [9.17, 15) is 4.79 Å². The van der Waals surface area contributed by atoms with E-state index >= 15 is 0 Å². The van der Waals surface area contributed by atoms with E-state index in [1.165, 1.54) is 0 Å². The molecule has 0 fully saturated rings. The number of rotatable bonds is 4. The zero-order valence-corrected chi connectivity index (χ0v) is 11.1. The third-order valence-corrected chi connectivity index (χ3v) is 3.08. The maximum absolute atomic E-state index is 12.5. The molecular formula is C17H14O3. The molecule has 100 valence electrons. The molecule has 0 N–H and O–H groups in total. The number of ether oxygens (including phenoxy) is 1. The van der Waals surface area contributed by atoms with Crippen molar-refractivity contribution in [2.75, 3.05) is 6.61 Å². The lowest BCUT2D eigenvalue weighted by Gasteiger charge is -2.07. The highest BCUT2D eigenvalue weighted by Gasteiger charge is 2.18. The van der Waals surface area contributed by atoms with Crippen molar-refractivity contribution in [3.8, 4) is 5.75 Å². The van der Waals surface area contributed by atoms with Crippen molar-refractivity contribution in [3.63, 3.8) is 0 Å². The van der Waals surface area contributed by atoms with E-state index in [0.29, 0.717) is 29.3 Å². The second kappa shape index (κ2) is 5.21. The monoisotopic (exact) mass is 266 g/mol. The van der Waals surface area contributed by atoms with Gasteiger partial charge in [-0.05, 0) is 31.2 Å². The Bertz CT molecular complexity index is 723. The number of benzene rings is 2. The third-order valence-electron chi connectivity index (χ3n) is 3.08. The number of para-hydroxylation sites is 2. The summed E-state index contributed by atoms with van der Waals surface area (Å²) in [7, 11) is 0. The fourth-order valence-electron chi connectivity index (χ4n) is 2.16. The minimum Gasteiger partial charge on any atom is -0.493 e. The van der Waals surface area contributed by atoms with Crippen molar-refractivity contribution < 1.29 is 13.9 Å². The molecule has 3 rings (SSSR count). The molecule has 2 aromatic carbocycles. The van der Waals surface area contributed by atoms with Gasteiger partial charge in [-0.2, -0.15) is 0 Å². The Balaban J connectivity index is 2.04. The van der Waals surface area contributed by atoms with E-state index < -0.39 is 0 Å². The molecule has 0 atom stereocenters. The molecule has 0 saturated carbocycles. The van der Waals surface area contributed by atoms with Gasteiger partial charge < -0.3 is 9.15 Å². The van der Waals surface area contributed by atoms with Crippen LogP contribution in [0.5, 0.6) is 5.75 Å². The Morgan fingerprint density at radius 3 is 2.65 bits per heavy atom. The van der Waals surface area contributed by atoms with Crippen molar-refractivity contribution in [2.24, 2.45) is 0 Å². The molecule has 0 aliphatic carbocycles. The van der Waals surface area contributed by atoms with E-state index in [0.717, 1.165) is 5.39 Å². The van der Waals surface area contributed by atoms with Crippen LogP contribution < -0.4 is 4.74 Å². The Kier molecular flexibility index (Phi) is 3.25. The Hall–Kier alpha value is -2.55. The average molecular weight is 266 g/mol. The maximum atomic E-state index is 12.5. The first-order valence-corrected chi connectivity index (χ1v) is 6.54. The van der Waals surface area contributed by atoms with E-state index in [-0.39, 0.29) is 5.78 Å². The number of hydrogen-bond acceptors (Lipinski definition) is 3. The quantitative estimate of drug-likeness (QED) is 0.668. The van der Waals surface area contributed by atoms with Gasteiger partial charge in [-0.15, -0.1) is 0 Å². The molecule has 0 amide bonds. The first kappa shape index (κ1) is 12.5. The van der Waals surface area contributed by atoms with Crippen molar-refractivity contribution in [3.05, 3.63) is 65.9 Å². The summed E-state index contributed by atoms with van der Waals surface area (Å²) in [5.74, 6) is 0.754. The van der Waals surface area contributed by atoms with Gasteiger partial charge in [0.1, 0.15) is 11.3 Å². The standard InChI is InChI=1S/C17H14O3/c1-2-19-15-10-6-4-8-13(15)17(18)16-11-12-7-3-5-9-14(12)20-16/h3-11H,2H2,1H3. The van der Waals surface area contributed by atoms with E-state index in [2.05, 4.69) is 0 Å². The molecule has 0 spiro atoms. The number of ketones is 1. The van der Waals surface area contributed by atoms with Crippen LogP contribution >= 0.6 is 0 Å².